The van der Waals surface area contributed by atoms with Crippen LogP contribution in [0.5, 0.6) is 5.75 Å². The molecule has 140 valence electrons. The highest BCUT2D eigenvalue weighted by atomic mass is 32.2. The van der Waals surface area contributed by atoms with Crippen LogP contribution in [0.2, 0.25) is 0 Å². The zero-order valence-corrected chi connectivity index (χ0v) is 16.0. The first-order chi connectivity index (χ1) is 11.9. The molecule has 0 bridgehead atoms. The lowest BCUT2D eigenvalue weighted by Gasteiger charge is -2.35. The average Bonchev–Trinajstić information content (AvgIpc) is 2.61. The minimum absolute atomic E-state index is 0.0493. The molecule has 0 unspecified atom stereocenters. The number of amides is 1. The van der Waals surface area contributed by atoms with Gasteiger partial charge in [0, 0.05) is 46.7 Å². The van der Waals surface area contributed by atoms with Crippen LogP contribution < -0.4 is 4.74 Å². The summed E-state index contributed by atoms with van der Waals surface area (Å²) in [4.78, 5) is 14.2. The van der Waals surface area contributed by atoms with Gasteiger partial charge in [0.05, 0.1) is 6.61 Å². The summed E-state index contributed by atoms with van der Waals surface area (Å²) in [6.07, 6.45) is 1.01. The van der Waals surface area contributed by atoms with E-state index in [0.717, 1.165) is 11.3 Å². The maximum absolute atomic E-state index is 12.4. The van der Waals surface area contributed by atoms with Gasteiger partial charge in [-0.1, -0.05) is 18.2 Å². The van der Waals surface area contributed by atoms with Crippen LogP contribution in [0.3, 0.4) is 0 Å². The quantitative estimate of drug-likeness (QED) is 0.718. The van der Waals surface area contributed by atoms with E-state index in [9.17, 15) is 13.2 Å². The summed E-state index contributed by atoms with van der Waals surface area (Å²) in [5.74, 6) is 0.868. The first-order valence-corrected chi connectivity index (χ1v) is 9.92. The van der Waals surface area contributed by atoms with E-state index < -0.39 is 10.2 Å². The lowest BCUT2D eigenvalue weighted by molar-refractivity contribution is -0.132. The van der Waals surface area contributed by atoms with Gasteiger partial charge in [0.2, 0.25) is 5.91 Å². The highest BCUT2D eigenvalue weighted by molar-refractivity contribution is 7.86. The molecule has 1 saturated heterocycles. The minimum atomic E-state index is -3.40. The Morgan fingerprint density at radius 1 is 1.16 bits per heavy atom. The fraction of sp³-hybridized carbons (Fsp3) is 0.588. The lowest BCUT2D eigenvalue weighted by atomic mass is 10.1. The van der Waals surface area contributed by atoms with Crippen molar-refractivity contribution in [1.29, 1.82) is 0 Å². The van der Waals surface area contributed by atoms with E-state index >= 15 is 0 Å². The summed E-state index contributed by atoms with van der Waals surface area (Å²) in [5.41, 5.74) is 1.02. The van der Waals surface area contributed by atoms with E-state index in [2.05, 4.69) is 0 Å². The molecule has 1 aromatic carbocycles. The van der Waals surface area contributed by atoms with Crippen LogP contribution in [0.25, 0.3) is 0 Å². The molecule has 1 aromatic rings. The molecule has 2 rings (SSSR count). The van der Waals surface area contributed by atoms with E-state index in [1.54, 1.807) is 4.90 Å². The fourth-order valence-electron chi connectivity index (χ4n) is 2.81. The molecule has 0 radical (unpaired) electrons. The number of hydrogen-bond donors (Lipinski definition) is 0. The van der Waals surface area contributed by atoms with Gasteiger partial charge in [0.25, 0.3) is 10.2 Å². The van der Waals surface area contributed by atoms with Crippen molar-refractivity contribution >= 4 is 16.1 Å². The lowest BCUT2D eigenvalue weighted by Crippen LogP contribution is -2.53. The SMILES string of the molecule is CCOc1ccccc1CCC(=O)N1CCN(S(=O)(=O)N(C)C)CC1. The molecule has 1 aliphatic heterocycles. The predicted octanol–water partition coefficient (Wildman–Crippen LogP) is 0.969. The van der Waals surface area contributed by atoms with Gasteiger partial charge in [0.15, 0.2) is 0 Å². The Bertz CT molecular complexity index is 683. The molecule has 1 amide bonds. The molecule has 0 aromatic heterocycles. The monoisotopic (exact) mass is 369 g/mol. The molecule has 0 spiro atoms. The molecule has 1 fully saturated rings. The Balaban J connectivity index is 1.87. The van der Waals surface area contributed by atoms with Crippen LogP contribution in [0.4, 0.5) is 0 Å². The first kappa shape index (κ1) is 19.7. The molecular weight excluding hydrogens is 342 g/mol. The summed E-state index contributed by atoms with van der Waals surface area (Å²) < 4.78 is 32.4. The average molecular weight is 369 g/mol. The molecule has 1 heterocycles. The second-order valence-corrected chi connectivity index (χ2v) is 8.25. The van der Waals surface area contributed by atoms with Crippen molar-refractivity contribution in [3.05, 3.63) is 29.8 Å². The number of hydrogen-bond acceptors (Lipinski definition) is 4. The van der Waals surface area contributed by atoms with E-state index in [1.165, 1.54) is 22.7 Å². The number of para-hydroxylation sites is 1. The van der Waals surface area contributed by atoms with Crippen LogP contribution in [0.1, 0.15) is 18.9 Å². The molecule has 7 nitrogen and oxygen atoms in total. The van der Waals surface area contributed by atoms with Crippen LogP contribution in [-0.4, -0.2) is 74.7 Å². The Hall–Kier alpha value is -1.64. The number of carbonyl (C=O) groups is 1. The number of benzene rings is 1. The number of aryl methyl sites for hydroxylation is 1. The largest absolute Gasteiger partial charge is 0.494 e. The summed E-state index contributed by atoms with van der Waals surface area (Å²) in [6.45, 7) is 4.05. The highest BCUT2D eigenvalue weighted by Gasteiger charge is 2.30. The summed E-state index contributed by atoms with van der Waals surface area (Å²) >= 11 is 0. The topological polar surface area (TPSA) is 70.2 Å². The third-order valence-electron chi connectivity index (χ3n) is 4.26. The minimum Gasteiger partial charge on any atom is -0.494 e. The molecule has 0 saturated carbocycles. The molecule has 0 N–H and O–H groups in total. The smallest absolute Gasteiger partial charge is 0.281 e. The molecular formula is C17H27N3O4S. The zero-order valence-electron chi connectivity index (χ0n) is 15.1. The molecule has 1 aliphatic rings. The van der Waals surface area contributed by atoms with Gasteiger partial charge in [-0.05, 0) is 25.0 Å². The van der Waals surface area contributed by atoms with Crippen molar-refractivity contribution in [2.45, 2.75) is 19.8 Å². The van der Waals surface area contributed by atoms with Gasteiger partial charge in [-0.2, -0.15) is 17.0 Å². The number of carbonyl (C=O) groups excluding carboxylic acids is 1. The van der Waals surface area contributed by atoms with Crippen LogP contribution in [-0.2, 0) is 21.4 Å². The summed E-state index contributed by atoms with van der Waals surface area (Å²) in [5, 5.41) is 0. The maximum Gasteiger partial charge on any atom is 0.281 e. The fourth-order valence-corrected chi connectivity index (χ4v) is 3.89. The van der Waals surface area contributed by atoms with Crippen molar-refractivity contribution in [3.63, 3.8) is 0 Å². The standard InChI is InChI=1S/C17H27N3O4S/c1-4-24-16-8-6-5-7-15(16)9-10-17(21)19-11-13-20(14-12-19)25(22,23)18(2)3/h5-8H,4,9-14H2,1-3H3. The third-order valence-corrected chi connectivity index (χ3v) is 6.20. The predicted molar refractivity (Wildman–Crippen MR) is 96.7 cm³/mol. The molecule has 0 aliphatic carbocycles. The van der Waals surface area contributed by atoms with Crippen molar-refractivity contribution < 1.29 is 17.9 Å². The second-order valence-electron chi connectivity index (χ2n) is 6.11. The van der Waals surface area contributed by atoms with E-state index in [4.69, 9.17) is 4.74 Å². The van der Waals surface area contributed by atoms with Gasteiger partial charge in [-0.15, -0.1) is 0 Å². The van der Waals surface area contributed by atoms with E-state index in [1.807, 2.05) is 31.2 Å². The first-order valence-electron chi connectivity index (χ1n) is 8.52. The van der Waals surface area contributed by atoms with Gasteiger partial charge < -0.3 is 9.64 Å². The van der Waals surface area contributed by atoms with Crippen molar-refractivity contribution in [3.8, 4) is 5.75 Å². The number of rotatable bonds is 7. The summed E-state index contributed by atoms with van der Waals surface area (Å²) in [7, 11) is -0.371. The number of nitrogens with zero attached hydrogens (tertiary/aromatic N) is 3. The van der Waals surface area contributed by atoms with Crippen LogP contribution in [0, 0.1) is 0 Å². The van der Waals surface area contributed by atoms with E-state index in [0.29, 0.717) is 45.6 Å². The Labute approximate surface area is 150 Å². The highest BCUT2D eigenvalue weighted by Crippen LogP contribution is 2.20. The van der Waals surface area contributed by atoms with Gasteiger partial charge in [0.1, 0.15) is 5.75 Å². The number of ether oxygens (including phenoxy) is 1. The van der Waals surface area contributed by atoms with Crippen LogP contribution >= 0.6 is 0 Å². The van der Waals surface area contributed by atoms with Crippen molar-refractivity contribution in [1.82, 2.24) is 13.5 Å². The normalized spacial score (nSPS) is 16.2. The Morgan fingerprint density at radius 3 is 2.40 bits per heavy atom. The Morgan fingerprint density at radius 2 is 1.80 bits per heavy atom. The number of piperazine rings is 1. The third kappa shape index (κ3) is 4.93. The van der Waals surface area contributed by atoms with Gasteiger partial charge in [-0.3, -0.25) is 4.79 Å². The van der Waals surface area contributed by atoms with Gasteiger partial charge in [-0.25, -0.2) is 0 Å². The Kier molecular flexibility index (Phi) is 6.80. The molecule has 25 heavy (non-hydrogen) atoms. The van der Waals surface area contributed by atoms with Crippen molar-refractivity contribution in [2.24, 2.45) is 0 Å². The zero-order chi connectivity index (χ0) is 18.4. The van der Waals surface area contributed by atoms with E-state index in [-0.39, 0.29) is 5.91 Å². The van der Waals surface area contributed by atoms with Crippen LogP contribution in [0.15, 0.2) is 24.3 Å². The molecule has 0 atom stereocenters. The van der Waals surface area contributed by atoms with Gasteiger partial charge >= 0.3 is 0 Å². The maximum atomic E-state index is 12.4. The second kappa shape index (κ2) is 8.64. The molecule has 8 heteroatoms. The van der Waals surface area contributed by atoms with Crippen molar-refractivity contribution in [2.75, 3.05) is 46.9 Å². The summed E-state index contributed by atoms with van der Waals surface area (Å²) in [6, 6.07) is 7.74.